The summed E-state index contributed by atoms with van der Waals surface area (Å²) in [5, 5.41) is 5.46. The number of amides is 1. The van der Waals surface area contributed by atoms with E-state index in [1.54, 1.807) is 18.9 Å². The lowest BCUT2D eigenvalue weighted by Gasteiger charge is -2.08. The van der Waals surface area contributed by atoms with Crippen LogP contribution in [0.15, 0.2) is 66.7 Å². The summed E-state index contributed by atoms with van der Waals surface area (Å²) in [6, 6.07) is 22.4. The molecule has 128 valence electrons. The molecule has 0 fully saturated rings. The molecule has 0 aliphatic carbocycles. The first-order valence-electron chi connectivity index (χ1n) is 8.20. The van der Waals surface area contributed by atoms with Gasteiger partial charge in [0.25, 0.3) is 0 Å². The summed E-state index contributed by atoms with van der Waals surface area (Å²) >= 11 is 1.64. The number of methoxy groups -OCH3 is 1. The second-order valence-corrected chi connectivity index (χ2v) is 6.74. The third kappa shape index (κ3) is 4.77. The van der Waals surface area contributed by atoms with Gasteiger partial charge in [0, 0.05) is 12.3 Å². The molecule has 0 saturated heterocycles. The fraction of sp³-hybridized carbons (Fsp3) is 0.190. The van der Waals surface area contributed by atoms with Crippen molar-refractivity contribution in [3.05, 3.63) is 77.9 Å². The molecule has 3 aromatic rings. The topological polar surface area (TPSA) is 38.3 Å². The third-order valence-corrected chi connectivity index (χ3v) is 5.00. The van der Waals surface area contributed by atoms with E-state index < -0.39 is 0 Å². The molecular formula is C21H21NO2S. The fourth-order valence-corrected chi connectivity index (χ4v) is 3.53. The zero-order chi connectivity index (χ0) is 17.5. The molecule has 1 amide bonds. The molecule has 3 rings (SSSR count). The van der Waals surface area contributed by atoms with Crippen molar-refractivity contribution in [1.82, 2.24) is 5.32 Å². The Bertz CT molecular complexity index is 841. The second kappa shape index (κ2) is 8.58. The number of benzene rings is 3. The summed E-state index contributed by atoms with van der Waals surface area (Å²) in [6.07, 6.45) is 0. The lowest BCUT2D eigenvalue weighted by atomic mass is 10.1. The van der Waals surface area contributed by atoms with Crippen LogP contribution >= 0.6 is 11.8 Å². The van der Waals surface area contributed by atoms with Gasteiger partial charge in [-0.05, 0) is 34.0 Å². The predicted molar refractivity (Wildman–Crippen MR) is 105 cm³/mol. The van der Waals surface area contributed by atoms with E-state index in [0.717, 1.165) is 17.1 Å². The van der Waals surface area contributed by atoms with Gasteiger partial charge in [-0.3, -0.25) is 4.79 Å². The lowest BCUT2D eigenvalue weighted by Crippen LogP contribution is -2.24. The molecule has 0 aliphatic rings. The molecule has 0 saturated carbocycles. The smallest absolute Gasteiger partial charge is 0.230 e. The van der Waals surface area contributed by atoms with Crippen LogP contribution in [0, 0.1) is 0 Å². The van der Waals surface area contributed by atoms with Gasteiger partial charge >= 0.3 is 0 Å². The average Bonchev–Trinajstić information content (AvgIpc) is 2.67. The molecule has 1 N–H and O–H groups in total. The lowest BCUT2D eigenvalue weighted by molar-refractivity contribution is -0.118. The maximum absolute atomic E-state index is 12.0. The molecule has 0 aliphatic heterocycles. The Morgan fingerprint density at radius 2 is 1.76 bits per heavy atom. The second-order valence-electron chi connectivity index (χ2n) is 5.76. The van der Waals surface area contributed by atoms with Crippen LogP contribution in [-0.4, -0.2) is 18.8 Å². The Morgan fingerprint density at radius 1 is 1.00 bits per heavy atom. The Labute approximate surface area is 152 Å². The molecule has 0 unspecified atom stereocenters. The number of fused-ring (bicyclic) bond motifs is 1. The van der Waals surface area contributed by atoms with Gasteiger partial charge in [-0.25, -0.2) is 0 Å². The number of carbonyl (C=O) groups is 1. The summed E-state index contributed by atoms with van der Waals surface area (Å²) in [6.45, 7) is 0.539. The Morgan fingerprint density at radius 3 is 2.56 bits per heavy atom. The van der Waals surface area contributed by atoms with Crippen LogP contribution in [0.2, 0.25) is 0 Å². The molecule has 25 heavy (non-hydrogen) atoms. The summed E-state index contributed by atoms with van der Waals surface area (Å²) in [7, 11) is 1.64. The van der Waals surface area contributed by atoms with E-state index in [9.17, 15) is 4.79 Å². The third-order valence-electron chi connectivity index (χ3n) is 4.02. The summed E-state index contributed by atoms with van der Waals surface area (Å²) in [5.74, 6) is 2.17. The minimum absolute atomic E-state index is 0.0565. The Hall–Kier alpha value is -2.46. The first-order chi connectivity index (χ1) is 12.3. The fourth-order valence-electron chi connectivity index (χ4n) is 2.67. The highest BCUT2D eigenvalue weighted by atomic mass is 32.2. The van der Waals surface area contributed by atoms with Crippen molar-refractivity contribution >= 4 is 28.4 Å². The molecular weight excluding hydrogens is 330 g/mol. The number of carbonyl (C=O) groups excluding carboxylic acids is 1. The molecule has 0 bridgehead atoms. The molecule has 3 aromatic carbocycles. The SMILES string of the molecule is COc1ccc(CNC(=O)CSCc2cccc3ccccc23)cc1. The number of nitrogens with one attached hydrogen (secondary N) is 1. The van der Waals surface area contributed by atoms with Gasteiger partial charge in [0.15, 0.2) is 0 Å². The maximum atomic E-state index is 12.0. The highest BCUT2D eigenvalue weighted by molar-refractivity contribution is 7.99. The van der Waals surface area contributed by atoms with Crippen LogP contribution in [0.25, 0.3) is 10.8 Å². The summed E-state index contributed by atoms with van der Waals surface area (Å²) in [5.41, 5.74) is 2.33. The van der Waals surface area contributed by atoms with E-state index in [4.69, 9.17) is 4.74 Å². The van der Waals surface area contributed by atoms with Gasteiger partial charge in [-0.15, -0.1) is 11.8 Å². The zero-order valence-corrected chi connectivity index (χ0v) is 15.0. The molecule has 4 heteroatoms. The van der Waals surface area contributed by atoms with Crippen LogP contribution in [-0.2, 0) is 17.1 Å². The first-order valence-corrected chi connectivity index (χ1v) is 9.36. The van der Waals surface area contributed by atoms with Crippen LogP contribution in [0.1, 0.15) is 11.1 Å². The minimum atomic E-state index is 0.0565. The van der Waals surface area contributed by atoms with Crippen molar-refractivity contribution < 1.29 is 9.53 Å². The van der Waals surface area contributed by atoms with Crippen molar-refractivity contribution in [3.8, 4) is 5.75 Å². The van der Waals surface area contributed by atoms with Crippen LogP contribution < -0.4 is 10.1 Å². The van der Waals surface area contributed by atoms with Crippen molar-refractivity contribution in [2.45, 2.75) is 12.3 Å². The Balaban J connectivity index is 1.47. The highest BCUT2D eigenvalue weighted by Crippen LogP contribution is 2.22. The van der Waals surface area contributed by atoms with E-state index in [1.807, 2.05) is 30.3 Å². The zero-order valence-electron chi connectivity index (χ0n) is 14.2. The van der Waals surface area contributed by atoms with E-state index in [1.165, 1.54) is 16.3 Å². The van der Waals surface area contributed by atoms with Crippen LogP contribution in [0.4, 0.5) is 0 Å². The van der Waals surface area contributed by atoms with E-state index in [2.05, 4.69) is 41.7 Å². The van der Waals surface area contributed by atoms with Crippen molar-refractivity contribution in [3.63, 3.8) is 0 Å². The average molecular weight is 351 g/mol. The number of hydrogen-bond acceptors (Lipinski definition) is 3. The van der Waals surface area contributed by atoms with E-state index in [-0.39, 0.29) is 5.91 Å². The normalized spacial score (nSPS) is 10.6. The van der Waals surface area contributed by atoms with Gasteiger partial charge < -0.3 is 10.1 Å². The predicted octanol–water partition coefficient (Wildman–Crippen LogP) is 4.40. The highest BCUT2D eigenvalue weighted by Gasteiger charge is 2.05. The van der Waals surface area contributed by atoms with Gasteiger partial charge in [0.05, 0.1) is 12.9 Å². The largest absolute Gasteiger partial charge is 0.497 e. The molecule has 0 spiro atoms. The van der Waals surface area contributed by atoms with Crippen molar-refractivity contribution in [2.75, 3.05) is 12.9 Å². The molecule has 3 nitrogen and oxygen atoms in total. The quantitative estimate of drug-likeness (QED) is 0.686. The number of rotatable bonds is 7. The number of thioether (sulfide) groups is 1. The minimum Gasteiger partial charge on any atom is -0.497 e. The van der Waals surface area contributed by atoms with Gasteiger partial charge in [0.1, 0.15) is 5.75 Å². The molecule has 0 radical (unpaired) electrons. The monoisotopic (exact) mass is 351 g/mol. The van der Waals surface area contributed by atoms with Crippen molar-refractivity contribution in [2.24, 2.45) is 0 Å². The van der Waals surface area contributed by atoms with Crippen LogP contribution in [0.3, 0.4) is 0 Å². The summed E-state index contributed by atoms with van der Waals surface area (Å²) < 4.78 is 5.13. The first kappa shape index (κ1) is 17.4. The maximum Gasteiger partial charge on any atom is 0.230 e. The number of hydrogen-bond donors (Lipinski definition) is 1. The van der Waals surface area contributed by atoms with E-state index in [0.29, 0.717) is 12.3 Å². The van der Waals surface area contributed by atoms with Crippen LogP contribution in [0.5, 0.6) is 5.75 Å². The van der Waals surface area contributed by atoms with Gasteiger partial charge in [-0.1, -0.05) is 54.6 Å². The van der Waals surface area contributed by atoms with Crippen molar-refractivity contribution in [1.29, 1.82) is 0 Å². The van der Waals surface area contributed by atoms with Gasteiger partial charge in [0.2, 0.25) is 5.91 Å². The van der Waals surface area contributed by atoms with Gasteiger partial charge in [-0.2, -0.15) is 0 Å². The standard InChI is InChI=1S/C21H21NO2S/c1-24-19-11-9-16(10-12-19)13-22-21(23)15-25-14-18-7-4-6-17-5-2-3-8-20(17)18/h2-12H,13-15H2,1H3,(H,22,23). The summed E-state index contributed by atoms with van der Waals surface area (Å²) in [4.78, 5) is 12.0. The molecule has 0 atom stereocenters. The molecule has 0 aromatic heterocycles. The Kier molecular flexibility index (Phi) is 5.96. The molecule has 0 heterocycles. The number of ether oxygens (including phenoxy) is 1. The van der Waals surface area contributed by atoms with E-state index >= 15 is 0 Å².